The summed E-state index contributed by atoms with van der Waals surface area (Å²) >= 11 is 1.77. The third-order valence-electron chi connectivity index (χ3n) is 2.09. The minimum absolute atomic E-state index is 0.929. The highest BCUT2D eigenvalue weighted by Gasteiger charge is 2.14. The summed E-state index contributed by atoms with van der Waals surface area (Å²) in [5, 5.41) is 4.40. The molecule has 13 heavy (non-hydrogen) atoms. The summed E-state index contributed by atoms with van der Waals surface area (Å²) in [6.07, 6.45) is 0. The first-order chi connectivity index (χ1) is 6.36. The molecular weight excluding hydrogens is 184 g/mol. The van der Waals surface area contributed by atoms with E-state index in [0.717, 1.165) is 42.9 Å². The van der Waals surface area contributed by atoms with E-state index in [9.17, 15) is 0 Å². The van der Waals surface area contributed by atoms with E-state index in [-0.39, 0.29) is 0 Å². The van der Waals surface area contributed by atoms with E-state index in [1.165, 1.54) is 0 Å². The molecule has 0 aromatic carbocycles. The lowest BCUT2D eigenvalue weighted by Crippen LogP contribution is -2.24. The first-order valence-corrected chi connectivity index (χ1v) is 5.50. The van der Waals surface area contributed by atoms with Crippen LogP contribution in [0.4, 0.5) is 0 Å². The van der Waals surface area contributed by atoms with E-state index >= 15 is 0 Å². The van der Waals surface area contributed by atoms with Gasteiger partial charge in [-0.15, -0.1) is 0 Å². The largest absolute Gasteiger partial charge is 0.371 e. The molecule has 0 fully saturated rings. The van der Waals surface area contributed by atoms with Gasteiger partial charge in [0.05, 0.1) is 18.8 Å². The van der Waals surface area contributed by atoms with Crippen molar-refractivity contribution >= 4 is 22.8 Å². The second kappa shape index (κ2) is 4.00. The maximum absolute atomic E-state index is 4.40. The predicted molar refractivity (Wildman–Crippen MR) is 57.7 cm³/mol. The van der Waals surface area contributed by atoms with Gasteiger partial charge in [-0.3, -0.25) is 9.98 Å². The van der Waals surface area contributed by atoms with Crippen molar-refractivity contribution in [3.05, 3.63) is 0 Å². The van der Waals surface area contributed by atoms with Gasteiger partial charge in [-0.1, -0.05) is 11.8 Å². The minimum Gasteiger partial charge on any atom is -0.371 e. The Hall–Kier alpha value is -0.710. The Bertz CT molecular complexity index is 249. The number of hydrogen-bond donors (Lipinski definition) is 1. The van der Waals surface area contributed by atoms with Gasteiger partial charge in [0.15, 0.2) is 5.17 Å². The Balaban J connectivity index is 1.78. The summed E-state index contributed by atoms with van der Waals surface area (Å²) in [7, 11) is 2.09. The van der Waals surface area contributed by atoms with Gasteiger partial charge < -0.3 is 10.2 Å². The Morgan fingerprint density at radius 2 is 2.38 bits per heavy atom. The average Bonchev–Trinajstić information content (AvgIpc) is 2.72. The fraction of sp³-hybridized carbons (Fsp3) is 0.750. The van der Waals surface area contributed by atoms with Gasteiger partial charge in [-0.05, 0) is 0 Å². The summed E-state index contributed by atoms with van der Waals surface area (Å²) < 4.78 is 0. The van der Waals surface area contributed by atoms with E-state index in [2.05, 4.69) is 27.2 Å². The molecule has 0 atom stereocenters. The van der Waals surface area contributed by atoms with Crippen molar-refractivity contribution in [3.8, 4) is 0 Å². The standard InChI is InChI=1S/C8H14N4S/c1-12-5-4-11-8(12)13-6-7-9-2-3-10-7/h2-6H2,1H3,(H,9,10). The topological polar surface area (TPSA) is 40.0 Å². The Labute approximate surface area is 82.5 Å². The molecule has 0 amide bonds. The smallest absolute Gasteiger partial charge is 0.159 e. The van der Waals surface area contributed by atoms with Gasteiger partial charge in [0.1, 0.15) is 5.84 Å². The van der Waals surface area contributed by atoms with Crippen LogP contribution in [0.3, 0.4) is 0 Å². The van der Waals surface area contributed by atoms with Crippen LogP contribution in [0.25, 0.3) is 0 Å². The van der Waals surface area contributed by atoms with Gasteiger partial charge in [0.2, 0.25) is 0 Å². The zero-order chi connectivity index (χ0) is 9.10. The van der Waals surface area contributed by atoms with Crippen molar-refractivity contribution in [2.45, 2.75) is 0 Å². The molecule has 0 saturated heterocycles. The number of rotatable bonds is 2. The normalized spacial score (nSPS) is 21.5. The van der Waals surface area contributed by atoms with Crippen LogP contribution in [0, 0.1) is 0 Å². The number of thioether (sulfide) groups is 1. The molecule has 0 bridgehead atoms. The van der Waals surface area contributed by atoms with Crippen molar-refractivity contribution in [3.63, 3.8) is 0 Å². The van der Waals surface area contributed by atoms with Crippen LogP contribution in [0.5, 0.6) is 0 Å². The summed E-state index contributed by atoms with van der Waals surface area (Å²) in [4.78, 5) is 10.9. The molecule has 1 N–H and O–H groups in total. The molecule has 2 aliphatic heterocycles. The van der Waals surface area contributed by atoms with Crippen LogP contribution in [0.2, 0.25) is 0 Å². The maximum Gasteiger partial charge on any atom is 0.159 e. The number of nitrogens with one attached hydrogen (secondary N) is 1. The van der Waals surface area contributed by atoms with Crippen LogP contribution in [-0.4, -0.2) is 54.9 Å². The van der Waals surface area contributed by atoms with Crippen molar-refractivity contribution in [1.82, 2.24) is 10.2 Å². The fourth-order valence-corrected chi connectivity index (χ4v) is 2.30. The molecule has 0 spiro atoms. The molecule has 0 aromatic heterocycles. The van der Waals surface area contributed by atoms with Gasteiger partial charge in [0.25, 0.3) is 0 Å². The van der Waals surface area contributed by atoms with Gasteiger partial charge >= 0.3 is 0 Å². The Morgan fingerprint density at radius 3 is 3.00 bits per heavy atom. The van der Waals surface area contributed by atoms with Gasteiger partial charge in [-0.2, -0.15) is 0 Å². The number of aliphatic imine (C=N–C) groups is 2. The molecule has 4 nitrogen and oxygen atoms in total. The molecule has 0 aliphatic carbocycles. The third-order valence-corrected chi connectivity index (χ3v) is 3.21. The molecule has 2 heterocycles. The van der Waals surface area contributed by atoms with E-state index in [1.54, 1.807) is 11.8 Å². The SMILES string of the molecule is CN1CCN=C1SCC1=NCCN1. The van der Waals surface area contributed by atoms with Crippen LogP contribution in [0.15, 0.2) is 9.98 Å². The molecule has 0 aromatic rings. The molecule has 2 aliphatic rings. The van der Waals surface area contributed by atoms with Crippen LogP contribution in [-0.2, 0) is 0 Å². The van der Waals surface area contributed by atoms with E-state index in [4.69, 9.17) is 0 Å². The molecule has 72 valence electrons. The number of hydrogen-bond acceptors (Lipinski definition) is 5. The highest BCUT2D eigenvalue weighted by molar-refractivity contribution is 8.14. The maximum atomic E-state index is 4.40. The fourth-order valence-electron chi connectivity index (χ4n) is 1.34. The van der Waals surface area contributed by atoms with E-state index in [0.29, 0.717) is 0 Å². The highest BCUT2D eigenvalue weighted by atomic mass is 32.2. The first kappa shape index (κ1) is 8.87. The monoisotopic (exact) mass is 198 g/mol. The molecule has 0 radical (unpaired) electrons. The molecule has 0 unspecified atom stereocenters. The number of nitrogens with zero attached hydrogens (tertiary/aromatic N) is 3. The summed E-state index contributed by atoms with van der Waals surface area (Å²) in [5.74, 6) is 2.05. The summed E-state index contributed by atoms with van der Waals surface area (Å²) in [6.45, 7) is 3.93. The molecule has 2 rings (SSSR count). The lowest BCUT2D eigenvalue weighted by Gasteiger charge is -2.12. The third kappa shape index (κ3) is 2.15. The van der Waals surface area contributed by atoms with Crippen molar-refractivity contribution < 1.29 is 0 Å². The second-order valence-corrected chi connectivity index (χ2v) is 4.07. The molecule has 5 heteroatoms. The van der Waals surface area contributed by atoms with Gasteiger partial charge in [0, 0.05) is 20.1 Å². The van der Waals surface area contributed by atoms with Crippen molar-refractivity contribution in [1.29, 1.82) is 0 Å². The number of likely N-dealkylation sites (N-methyl/N-ethyl adjacent to an activating group) is 1. The van der Waals surface area contributed by atoms with Crippen LogP contribution in [0.1, 0.15) is 0 Å². The Morgan fingerprint density at radius 1 is 1.46 bits per heavy atom. The van der Waals surface area contributed by atoms with Crippen molar-refractivity contribution in [2.75, 3.05) is 39.0 Å². The van der Waals surface area contributed by atoms with Crippen LogP contribution >= 0.6 is 11.8 Å². The first-order valence-electron chi connectivity index (χ1n) is 4.52. The second-order valence-electron chi connectivity index (χ2n) is 3.13. The lowest BCUT2D eigenvalue weighted by atomic mass is 10.6. The molecular formula is C8H14N4S. The zero-order valence-electron chi connectivity index (χ0n) is 7.79. The summed E-state index contributed by atoms with van der Waals surface area (Å²) in [6, 6.07) is 0. The highest BCUT2D eigenvalue weighted by Crippen LogP contribution is 2.12. The average molecular weight is 198 g/mol. The predicted octanol–water partition coefficient (Wildman–Crippen LogP) is 0.0227. The molecule has 0 saturated carbocycles. The minimum atomic E-state index is 0.929. The van der Waals surface area contributed by atoms with E-state index in [1.807, 2.05) is 0 Å². The van der Waals surface area contributed by atoms with E-state index < -0.39 is 0 Å². The summed E-state index contributed by atoms with van der Waals surface area (Å²) in [5.41, 5.74) is 0. The van der Waals surface area contributed by atoms with Gasteiger partial charge in [-0.25, -0.2) is 0 Å². The quantitative estimate of drug-likeness (QED) is 0.680. The van der Waals surface area contributed by atoms with Crippen molar-refractivity contribution in [2.24, 2.45) is 9.98 Å². The zero-order valence-corrected chi connectivity index (χ0v) is 8.60. The Kier molecular flexibility index (Phi) is 2.73. The lowest BCUT2D eigenvalue weighted by molar-refractivity contribution is 0.564. The number of amidine groups is 2. The van der Waals surface area contributed by atoms with Crippen LogP contribution < -0.4 is 5.32 Å².